The van der Waals surface area contributed by atoms with E-state index in [0.717, 1.165) is 0 Å². The molecule has 0 saturated carbocycles. The summed E-state index contributed by atoms with van der Waals surface area (Å²) in [5.41, 5.74) is 5.62. The molecule has 0 unspecified atom stereocenters. The van der Waals surface area contributed by atoms with Gasteiger partial charge >= 0.3 is 0 Å². The molecule has 4 nitrogen and oxygen atoms in total. The van der Waals surface area contributed by atoms with Crippen LogP contribution in [-0.2, 0) is 0 Å². The van der Waals surface area contributed by atoms with Crippen molar-refractivity contribution in [2.45, 2.75) is 6.43 Å². The first-order valence-electron chi connectivity index (χ1n) is 4.23. The molecule has 0 atom stereocenters. The van der Waals surface area contributed by atoms with E-state index >= 15 is 0 Å². The minimum atomic E-state index is -2.55. The van der Waals surface area contributed by atoms with Crippen molar-refractivity contribution in [3.8, 4) is 5.75 Å². The summed E-state index contributed by atoms with van der Waals surface area (Å²) in [6.07, 6.45) is -2.55. The SMILES string of the molecule is N/C(=N/O)c1ccc(OCC(F)F)cc1Cl. The highest BCUT2D eigenvalue weighted by atomic mass is 35.5. The fraction of sp³-hybridized carbons (Fsp3) is 0.222. The number of alkyl halides is 2. The molecular weight excluding hydrogens is 242 g/mol. The van der Waals surface area contributed by atoms with Crippen molar-refractivity contribution in [2.75, 3.05) is 6.61 Å². The first-order chi connectivity index (χ1) is 7.54. The van der Waals surface area contributed by atoms with Crippen molar-refractivity contribution in [3.05, 3.63) is 28.8 Å². The number of ether oxygens (including phenoxy) is 1. The summed E-state index contributed by atoms with van der Waals surface area (Å²) in [6.45, 7) is -0.709. The lowest BCUT2D eigenvalue weighted by Crippen LogP contribution is -2.14. The topological polar surface area (TPSA) is 67.8 Å². The van der Waals surface area contributed by atoms with E-state index in [9.17, 15) is 8.78 Å². The lowest BCUT2D eigenvalue weighted by atomic mass is 10.2. The van der Waals surface area contributed by atoms with Gasteiger partial charge in [-0.1, -0.05) is 16.8 Å². The summed E-state index contributed by atoms with van der Waals surface area (Å²) >= 11 is 5.78. The van der Waals surface area contributed by atoms with E-state index in [4.69, 9.17) is 27.3 Å². The Kier molecular flexibility index (Phi) is 4.30. The number of halogens is 3. The fourth-order valence-corrected chi connectivity index (χ4v) is 1.27. The number of benzene rings is 1. The van der Waals surface area contributed by atoms with Crippen LogP contribution in [0.1, 0.15) is 5.56 Å². The lowest BCUT2D eigenvalue weighted by molar-refractivity contribution is 0.0819. The van der Waals surface area contributed by atoms with Crippen LogP contribution in [-0.4, -0.2) is 24.1 Å². The highest BCUT2D eigenvalue weighted by Gasteiger charge is 2.08. The number of rotatable bonds is 4. The molecule has 0 fully saturated rings. The molecule has 0 aliphatic carbocycles. The minimum absolute atomic E-state index is 0.155. The van der Waals surface area contributed by atoms with E-state index in [2.05, 4.69) is 5.16 Å². The highest BCUT2D eigenvalue weighted by molar-refractivity contribution is 6.34. The zero-order chi connectivity index (χ0) is 12.1. The third kappa shape index (κ3) is 3.23. The average Bonchev–Trinajstić information content (AvgIpc) is 2.25. The monoisotopic (exact) mass is 250 g/mol. The van der Waals surface area contributed by atoms with Crippen molar-refractivity contribution in [2.24, 2.45) is 10.9 Å². The Morgan fingerprint density at radius 3 is 2.75 bits per heavy atom. The molecule has 88 valence electrons. The molecule has 1 rings (SSSR count). The number of nitrogens with two attached hydrogens (primary N) is 1. The third-order valence-electron chi connectivity index (χ3n) is 1.70. The van der Waals surface area contributed by atoms with Gasteiger partial charge in [0, 0.05) is 5.56 Å². The number of oxime groups is 1. The van der Waals surface area contributed by atoms with Crippen LogP contribution < -0.4 is 10.5 Å². The molecule has 0 aliphatic rings. The highest BCUT2D eigenvalue weighted by Crippen LogP contribution is 2.22. The number of hydrogen-bond acceptors (Lipinski definition) is 3. The average molecular weight is 251 g/mol. The minimum Gasteiger partial charge on any atom is -0.488 e. The van der Waals surface area contributed by atoms with Crippen LogP contribution in [0.5, 0.6) is 5.75 Å². The number of nitrogens with zero attached hydrogens (tertiary/aromatic N) is 1. The Hall–Kier alpha value is -1.56. The molecule has 0 heterocycles. The van der Waals surface area contributed by atoms with Crippen LogP contribution in [0.25, 0.3) is 0 Å². The Balaban J connectivity index is 2.83. The van der Waals surface area contributed by atoms with Gasteiger partial charge in [-0.25, -0.2) is 8.78 Å². The van der Waals surface area contributed by atoms with Crippen molar-refractivity contribution in [1.82, 2.24) is 0 Å². The molecular formula is C9H9ClF2N2O2. The van der Waals surface area contributed by atoms with E-state index < -0.39 is 13.0 Å². The quantitative estimate of drug-likeness (QED) is 0.372. The van der Waals surface area contributed by atoms with E-state index in [1.807, 2.05) is 0 Å². The third-order valence-corrected chi connectivity index (χ3v) is 2.01. The van der Waals surface area contributed by atoms with Crippen LogP contribution in [0.4, 0.5) is 8.78 Å². The fourth-order valence-electron chi connectivity index (χ4n) is 1.01. The summed E-state index contributed by atoms with van der Waals surface area (Å²) in [5.74, 6) is 0.0326. The molecule has 7 heteroatoms. The standard InChI is InChI=1S/C9H9ClF2N2O2/c10-7-3-5(16-4-8(11)12)1-2-6(7)9(13)14-15/h1-3,8,15H,4H2,(H2,13,14). The first-order valence-corrected chi connectivity index (χ1v) is 4.60. The largest absolute Gasteiger partial charge is 0.488 e. The molecule has 0 amide bonds. The van der Waals surface area contributed by atoms with Gasteiger partial charge in [0.25, 0.3) is 6.43 Å². The maximum absolute atomic E-state index is 11.9. The molecule has 0 bridgehead atoms. The van der Waals surface area contributed by atoms with Gasteiger partial charge in [0.2, 0.25) is 0 Å². The molecule has 16 heavy (non-hydrogen) atoms. The summed E-state index contributed by atoms with van der Waals surface area (Å²) in [4.78, 5) is 0. The van der Waals surface area contributed by atoms with E-state index in [-0.39, 0.29) is 16.6 Å². The second-order valence-electron chi connectivity index (χ2n) is 2.83. The Bertz CT molecular complexity index is 399. The lowest BCUT2D eigenvalue weighted by Gasteiger charge is -2.07. The summed E-state index contributed by atoms with van der Waals surface area (Å²) in [5, 5.41) is 11.4. The predicted octanol–water partition coefficient (Wildman–Crippen LogP) is 2.08. The molecule has 1 aromatic carbocycles. The van der Waals surface area contributed by atoms with Gasteiger partial charge in [0.05, 0.1) is 5.02 Å². The van der Waals surface area contributed by atoms with Crippen LogP contribution in [0.3, 0.4) is 0 Å². The van der Waals surface area contributed by atoms with Crippen LogP contribution in [0, 0.1) is 0 Å². The van der Waals surface area contributed by atoms with Crippen LogP contribution >= 0.6 is 11.6 Å². The van der Waals surface area contributed by atoms with Crippen molar-refractivity contribution in [3.63, 3.8) is 0 Å². The predicted molar refractivity (Wildman–Crippen MR) is 55.5 cm³/mol. The maximum Gasteiger partial charge on any atom is 0.272 e. The summed E-state index contributed by atoms with van der Waals surface area (Å²) < 4.78 is 28.4. The number of hydrogen-bond donors (Lipinski definition) is 2. The van der Waals surface area contributed by atoms with Crippen LogP contribution in [0.2, 0.25) is 5.02 Å². The Morgan fingerprint density at radius 2 is 2.25 bits per heavy atom. The normalized spacial score (nSPS) is 11.9. The van der Waals surface area contributed by atoms with Crippen molar-refractivity contribution in [1.29, 1.82) is 0 Å². The van der Waals surface area contributed by atoms with Crippen molar-refractivity contribution < 1.29 is 18.7 Å². The molecule has 0 aliphatic heterocycles. The first kappa shape index (κ1) is 12.5. The van der Waals surface area contributed by atoms with Gasteiger partial charge in [-0.15, -0.1) is 0 Å². The van der Waals surface area contributed by atoms with Gasteiger partial charge in [-0.05, 0) is 18.2 Å². The summed E-state index contributed by atoms with van der Waals surface area (Å²) in [7, 11) is 0. The van der Waals surface area contributed by atoms with Gasteiger partial charge in [-0.2, -0.15) is 0 Å². The zero-order valence-electron chi connectivity index (χ0n) is 8.03. The van der Waals surface area contributed by atoms with Gasteiger partial charge < -0.3 is 15.7 Å². The second-order valence-corrected chi connectivity index (χ2v) is 3.24. The maximum atomic E-state index is 11.9. The molecule has 0 aromatic heterocycles. The van der Waals surface area contributed by atoms with Gasteiger partial charge in [0.1, 0.15) is 12.4 Å². The smallest absolute Gasteiger partial charge is 0.272 e. The molecule has 0 saturated heterocycles. The molecule has 0 spiro atoms. The van der Waals surface area contributed by atoms with Gasteiger partial charge in [0.15, 0.2) is 5.84 Å². The van der Waals surface area contributed by atoms with E-state index in [1.54, 1.807) is 0 Å². The van der Waals surface area contributed by atoms with E-state index in [0.29, 0.717) is 5.56 Å². The Morgan fingerprint density at radius 1 is 1.56 bits per heavy atom. The van der Waals surface area contributed by atoms with Crippen LogP contribution in [0.15, 0.2) is 23.4 Å². The summed E-state index contributed by atoms with van der Waals surface area (Å²) in [6, 6.07) is 4.14. The second kappa shape index (κ2) is 5.50. The molecule has 0 radical (unpaired) electrons. The molecule has 1 aromatic rings. The molecule has 3 N–H and O–H groups in total. The zero-order valence-corrected chi connectivity index (χ0v) is 8.79. The van der Waals surface area contributed by atoms with Gasteiger partial charge in [-0.3, -0.25) is 0 Å². The Labute approximate surface area is 95.3 Å². The van der Waals surface area contributed by atoms with Crippen molar-refractivity contribution >= 4 is 17.4 Å². The number of amidine groups is 1. The van der Waals surface area contributed by atoms with E-state index in [1.165, 1.54) is 18.2 Å².